The van der Waals surface area contributed by atoms with E-state index in [2.05, 4.69) is 34.6 Å². The topological polar surface area (TPSA) is 237 Å². The van der Waals surface area contributed by atoms with Crippen molar-refractivity contribution >= 4 is 39.5 Å². The number of esters is 4. The highest BCUT2D eigenvalue weighted by Gasteiger charge is 2.30. The van der Waals surface area contributed by atoms with Crippen LogP contribution in [0.15, 0.2) is 0 Å². The first-order valence-corrected chi connectivity index (χ1v) is 38.2. The number of ether oxygens (including phenoxy) is 4. The molecule has 6 atom stereocenters. The Hall–Kier alpha value is -1.94. The Morgan fingerprint density at radius 1 is 0.326 bits per heavy atom. The maximum absolute atomic E-state index is 13.0. The average Bonchev–Trinajstić information content (AvgIpc) is 3.53. The third-order valence-electron chi connectivity index (χ3n) is 15.9. The van der Waals surface area contributed by atoms with Crippen LogP contribution in [0.4, 0.5) is 0 Å². The zero-order chi connectivity index (χ0) is 63.5. The van der Waals surface area contributed by atoms with E-state index in [4.69, 9.17) is 37.0 Å². The monoisotopic (exact) mass is 1270 g/mol. The standard InChI is InChI=1S/C67H130O17P2/c1-6-10-13-16-19-22-23-24-25-26-27-28-31-38-43-48-53-67(72)84-63(57-78-65(70)51-46-41-36-33-32-34-39-44-49-60(5)9-4)59-82-86(75,76)80-55-61(68)54-79-85(73,74)81-58-62(83-66(71)52-47-42-37-30-21-18-15-12-8-3)56-77-64(69)50-45-40-35-29-20-17-14-11-7-2/h60-63,68H,6-59H2,1-5H3,(H,73,74)(H,75,76)/t60?,61-,62+,63+/m0/s1. The van der Waals surface area contributed by atoms with Gasteiger partial charge in [-0.05, 0) is 31.6 Å². The molecule has 0 spiro atoms. The van der Waals surface area contributed by atoms with E-state index >= 15 is 0 Å². The number of aliphatic hydroxyl groups excluding tert-OH is 1. The summed E-state index contributed by atoms with van der Waals surface area (Å²) in [6.07, 6.45) is 45.7. The molecule has 0 aromatic heterocycles. The predicted molar refractivity (Wildman–Crippen MR) is 345 cm³/mol. The van der Waals surface area contributed by atoms with Crippen molar-refractivity contribution in [2.45, 2.75) is 361 Å². The molecule has 19 heteroatoms. The van der Waals surface area contributed by atoms with Gasteiger partial charge >= 0.3 is 39.5 Å². The van der Waals surface area contributed by atoms with Gasteiger partial charge in [0.1, 0.15) is 19.3 Å². The Bertz CT molecular complexity index is 1670. The molecule has 510 valence electrons. The van der Waals surface area contributed by atoms with Crippen molar-refractivity contribution in [3.63, 3.8) is 0 Å². The van der Waals surface area contributed by atoms with Gasteiger partial charge in [0.25, 0.3) is 0 Å². The minimum Gasteiger partial charge on any atom is -0.462 e. The Balaban J connectivity index is 5.22. The van der Waals surface area contributed by atoms with Crippen LogP contribution in [0.3, 0.4) is 0 Å². The van der Waals surface area contributed by atoms with Crippen molar-refractivity contribution in [1.29, 1.82) is 0 Å². The highest BCUT2D eigenvalue weighted by atomic mass is 31.2. The highest BCUT2D eigenvalue weighted by molar-refractivity contribution is 7.47. The summed E-state index contributed by atoms with van der Waals surface area (Å²) in [5.41, 5.74) is 0. The molecule has 3 unspecified atom stereocenters. The van der Waals surface area contributed by atoms with Crippen LogP contribution in [0.5, 0.6) is 0 Å². The van der Waals surface area contributed by atoms with Gasteiger partial charge in [0.15, 0.2) is 12.2 Å². The number of unbranched alkanes of at least 4 members (excludes halogenated alkanes) is 38. The molecule has 0 aliphatic rings. The Kier molecular flexibility index (Phi) is 59.2. The van der Waals surface area contributed by atoms with E-state index in [1.807, 2.05) is 0 Å². The smallest absolute Gasteiger partial charge is 0.462 e. The largest absolute Gasteiger partial charge is 0.472 e. The van der Waals surface area contributed by atoms with Gasteiger partial charge in [-0.15, -0.1) is 0 Å². The highest BCUT2D eigenvalue weighted by Crippen LogP contribution is 2.45. The number of hydrogen-bond acceptors (Lipinski definition) is 15. The number of carbonyl (C=O) groups excluding carboxylic acids is 4. The lowest BCUT2D eigenvalue weighted by Crippen LogP contribution is -2.30. The van der Waals surface area contributed by atoms with Crippen LogP contribution in [-0.4, -0.2) is 96.7 Å². The fourth-order valence-corrected chi connectivity index (χ4v) is 11.7. The summed E-state index contributed by atoms with van der Waals surface area (Å²) in [4.78, 5) is 72.3. The Labute approximate surface area is 524 Å². The zero-order valence-corrected chi connectivity index (χ0v) is 57.2. The number of aliphatic hydroxyl groups is 1. The molecular formula is C67H130O17P2. The molecule has 3 N–H and O–H groups in total. The van der Waals surface area contributed by atoms with Gasteiger partial charge in [-0.25, -0.2) is 9.13 Å². The molecule has 0 radical (unpaired) electrons. The molecule has 0 amide bonds. The summed E-state index contributed by atoms with van der Waals surface area (Å²) in [6.45, 7) is 7.20. The third kappa shape index (κ3) is 59.7. The van der Waals surface area contributed by atoms with Crippen molar-refractivity contribution in [1.82, 2.24) is 0 Å². The number of rotatable bonds is 67. The molecule has 0 saturated carbocycles. The quantitative estimate of drug-likeness (QED) is 0.0222. The summed E-state index contributed by atoms with van der Waals surface area (Å²) in [7, 11) is -9.89. The lowest BCUT2D eigenvalue weighted by molar-refractivity contribution is -0.161. The van der Waals surface area contributed by atoms with Gasteiger partial charge in [-0.1, -0.05) is 291 Å². The number of carbonyl (C=O) groups is 4. The van der Waals surface area contributed by atoms with Gasteiger partial charge in [0.2, 0.25) is 0 Å². The SMILES string of the molecule is CCCCCCCCCCCCCCCCCCC(=O)O[C@H](COC(=O)CCCCCCCCCCC(C)CC)COP(=O)(O)OC[C@@H](O)COP(=O)(O)OC[C@@H](COC(=O)CCCCCCCCCCC)OC(=O)CCCCCCCCCCC. The lowest BCUT2D eigenvalue weighted by atomic mass is 9.99. The van der Waals surface area contributed by atoms with Crippen LogP contribution in [0.1, 0.15) is 343 Å². The molecule has 0 rings (SSSR count). The third-order valence-corrected chi connectivity index (χ3v) is 17.8. The van der Waals surface area contributed by atoms with E-state index < -0.39 is 97.5 Å². The fourth-order valence-electron chi connectivity index (χ4n) is 10.1. The van der Waals surface area contributed by atoms with Gasteiger partial charge in [-0.2, -0.15) is 0 Å². The van der Waals surface area contributed by atoms with Gasteiger partial charge in [0.05, 0.1) is 26.4 Å². The van der Waals surface area contributed by atoms with Crippen LogP contribution in [0.2, 0.25) is 0 Å². The second kappa shape index (κ2) is 60.6. The van der Waals surface area contributed by atoms with Gasteiger partial charge in [-0.3, -0.25) is 37.3 Å². The summed E-state index contributed by atoms with van der Waals surface area (Å²) in [6, 6.07) is 0. The summed E-state index contributed by atoms with van der Waals surface area (Å²) in [5, 5.41) is 10.6. The molecule has 0 saturated heterocycles. The number of hydrogen-bond donors (Lipinski definition) is 3. The molecular weight excluding hydrogens is 1140 g/mol. The van der Waals surface area contributed by atoms with Crippen LogP contribution in [0.25, 0.3) is 0 Å². The number of phosphoric ester groups is 2. The van der Waals surface area contributed by atoms with Crippen molar-refractivity contribution < 1.29 is 80.2 Å². The minimum absolute atomic E-state index is 0.106. The molecule has 0 aliphatic heterocycles. The molecule has 0 aromatic carbocycles. The van der Waals surface area contributed by atoms with Crippen molar-refractivity contribution in [3.05, 3.63) is 0 Å². The summed E-state index contributed by atoms with van der Waals surface area (Å²) >= 11 is 0. The van der Waals surface area contributed by atoms with Crippen LogP contribution in [-0.2, 0) is 65.4 Å². The maximum atomic E-state index is 13.0. The molecule has 0 aromatic rings. The predicted octanol–water partition coefficient (Wildman–Crippen LogP) is 19.0. The Morgan fingerprint density at radius 2 is 0.558 bits per heavy atom. The molecule has 17 nitrogen and oxygen atoms in total. The lowest BCUT2D eigenvalue weighted by Gasteiger charge is -2.21. The fraction of sp³-hybridized carbons (Fsp3) is 0.940. The molecule has 0 heterocycles. The van der Waals surface area contributed by atoms with Gasteiger partial charge in [0, 0.05) is 25.7 Å². The Morgan fingerprint density at radius 3 is 0.826 bits per heavy atom. The summed E-state index contributed by atoms with van der Waals surface area (Å²) in [5.74, 6) is -1.35. The first kappa shape index (κ1) is 84.1. The second-order valence-corrected chi connectivity index (χ2v) is 27.4. The van der Waals surface area contributed by atoms with E-state index in [0.717, 1.165) is 95.8 Å². The molecule has 0 bridgehead atoms. The van der Waals surface area contributed by atoms with E-state index in [-0.39, 0.29) is 25.7 Å². The van der Waals surface area contributed by atoms with Crippen LogP contribution in [0, 0.1) is 5.92 Å². The minimum atomic E-state index is -4.95. The number of phosphoric acid groups is 2. The average molecular weight is 1270 g/mol. The first-order chi connectivity index (χ1) is 41.6. The zero-order valence-electron chi connectivity index (χ0n) is 55.4. The normalized spacial score (nSPS) is 14.5. The molecule has 0 fully saturated rings. The van der Waals surface area contributed by atoms with E-state index in [0.29, 0.717) is 25.7 Å². The second-order valence-electron chi connectivity index (χ2n) is 24.5. The molecule has 86 heavy (non-hydrogen) atoms. The maximum Gasteiger partial charge on any atom is 0.472 e. The first-order valence-electron chi connectivity index (χ1n) is 35.2. The van der Waals surface area contributed by atoms with E-state index in [1.54, 1.807) is 0 Å². The molecule has 0 aliphatic carbocycles. The van der Waals surface area contributed by atoms with E-state index in [1.165, 1.54) is 167 Å². The van der Waals surface area contributed by atoms with Gasteiger partial charge < -0.3 is 33.8 Å². The van der Waals surface area contributed by atoms with Crippen molar-refractivity contribution in [2.24, 2.45) is 5.92 Å². The van der Waals surface area contributed by atoms with Crippen molar-refractivity contribution in [2.75, 3.05) is 39.6 Å². The van der Waals surface area contributed by atoms with Crippen molar-refractivity contribution in [3.8, 4) is 0 Å². The summed E-state index contributed by atoms with van der Waals surface area (Å²) < 4.78 is 68.1. The van der Waals surface area contributed by atoms with E-state index in [9.17, 15) is 43.2 Å². The van der Waals surface area contributed by atoms with Crippen LogP contribution >= 0.6 is 15.6 Å². The van der Waals surface area contributed by atoms with Crippen LogP contribution < -0.4 is 0 Å².